The molecule has 21 heavy (non-hydrogen) atoms. The number of rotatable bonds is 2. The highest BCUT2D eigenvalue weighted by Gasteiger charge is 2.52. The molecule has 4 aliphatic rings. The lowest BCUT2D eigenvalue weighted by atomic mass is 9.48. The zero-order valence-corrected chi connectivity index (χ0v) is 12.7. The highest BCUT2D eigenvalue weighted by atomic mass is 16.3. The SMILES string of the molecule is Cc1cc(C=NN)c(O)c(C23CC4CC(CC(C4)C2)C3)c1. The molecule has 4 saturated carbocycles. The smallest absolute Gasteiger partial charge is 0.128 e. The Labute approximate surface area is 126 Å². The van der Waals surface area contributed by atoms with E-state index in [-0.39, 0.29) is 5.41 Å². The summed E-state index contributed by atoms with van der Waals surface area (Å²) < 4.78 is 0. The van der Waals surface area contributed by atoms with Gasteiger partial charge in [0, 0.05) is 11.1 Å². The lowest BCUT2D eigenvalue weighted by Crippen LogP contribution is -2.48. The summed E-state index contributed by atoms with van der Waals surface area (Å²) in [5.74, 6) is 8.34. The number of nitrogens with two attached hydrogens (primary N) is 1. The molecule has 3 nitrogen and oxygen atoms in total. The molecule has 112 valence electrons. The number of benzene rings is 1. The van der Waals surface area contributed by atoms with E-state index in [0.717, 1.165) is 28.9 Å². The minimum absolute atomic E-state index is 0.210. The van der Waals surface area contributed by atoms with Crippen molar-refractivity contribution in [2.24, 2.45) is 28.7 Å². The number of hydrogen-bond acceptors (Lipinski definition) is 3. The summed E-state index contributed by atoms with van der Waals surface area (Å²) in [7, 11) is 0. The molecule has 1 aromatic carbocycles. The van der Waals surface area contributed by atoms with Gasteiger partial charge >= 0.3 is 0 Å². The molecule has 3 heteroatoms. The van der Waals surface area contributed by atoms with E-state index in [4.69, 9.17) is 5.84 Å². The molecule has 0 spiro atoms. The molecule has 0 aromatic heterocycles. The van der Waals surface area contributed by atoms with Crippen LogP contribution >= 0.6 is 0 Å². The van der Waals surface area contributed by atoms with Gasteiger partial charge in [-0.3, -0.25) is 0 Å². The van der Waals surface area contributed by atoms with Crippen molar-refractivity contribution in [2.45, 2.75) is 50.9 Å². The molecule has 0 atom stereocenters. The van der Waals surface area contributed by atoms with E-state index in [1.165, 1.54) is 44.1 Å². The highest BCUT2D eigenvalue weighted by molar-refractivity contribution is 5.84. The van der Waals surface area contributed by atoms with E-state index in [0.29, 0.717) is 5.75 Å². The first kappa shape index (κ1) is 13.2. The van der Waals surface area contributed by atoms with Gasteiger partial charge in [-0.15, -0.1) is 0 Å². The number of aryl methyl sites for hydroxylation is 1. The van der Waals surface area contributed by atoms with Crippen LogP contribution in [0.1, 0.15) is 55.2 Å². The summed E-state index contributed by atoms with van der Waals surface area (Å²) in [6, 6.07) is 4.17. The lowest BCUT2D eigenvalue weighted by Gasteiger charge is -2.57. The van der Waals surface area contributed by atoms with Gasteiger partial charge in [-0.05, 0) is 80.2 Å². The van der Waals surface area contributed by atoms with Crippen LogP contribution in [0.25, 0.3) is 0 Å². The molecule has 0 radical (unpaired) electrons. The average molecular weight is 284 g/mol. The Morgan fingerprint density at radius 1 is 1.14 bits per heavy atom. The number of hydrogen-bond donors (Lipinski definition) is 2. The molecule has 0 unspecified atom stereocenters. The molecule has 1 aromatic rings. The van der Waals surface area contributed by atoms with Gasteiger partial charge in [-0.25, -0.2) is 0 Å². The van der Waals surface area contributed by atoms with E-state index in [9.17, 15) is 5.11 Å². The van der Waals surface area contributed by atoms with Crippen LogP contribution in [0.3, 0.4) is 0 Å². The minimum Gasteiger partial charge on any atom is -0.507 e. The Kier molecular flexibility index (Phi) is 2.82. The van der Waals surface area contributed by atoms with Crippen molar-refractivity contribution in [2.75, 3.05) is 0 Å². The summed E-state index contributed by atoms with van der Waals surface area (Å²) in [6.07, 6.45) is 9.61. The molecular formula is C18H24N2O. The number of phenolic OH excluding ortho intramolecular Hbond substituents is 1. The molecular weight excluding hydrogens is 260 g/mol. The zero-order chi connectivity index (χ0) is 14.6. The molecule has 4 fully saturated rings. The first-order valence-corrected chi connectivity index (χ1v) is 8.17. The van der Waals surface area contributed by atoms with Crippen molar-refractivity contribution >= 4 is 6.21 Å². The quantitative estimate of drug-likeness (QED) is 0.496. The molecule has 4 aliphatic carbocycles. The third-order valence-electron chi connectivity index (χ3n) is 6.11. The zero-order valence-electron chi connectivity index (χ0n) is 12.7. The molecule has 0 aliphatic heterocycles. The van der Waals surface area contributed by atoms with Gasteiger partial charge in [0.2, 0.25) is 0 Å². The third-order valence-corrected chi connectivity index (χ3v) is 6.11. The summed E-state index contributed by atoms with van der Waals surface area (Å²) in [4.78, 5) is 0. The first-order chi connectivity index (χ1) is 10.1. The number of phenols is 1. The monoisotopic (exact) mass is 284 g/mol. The summed E-state index contributed by atoms with van der Waals surface area (Å²) >= 11 is 0. The van der Waals surface area contributed by atoms with Gasteiger partial charge < -0.3 is 10.9 Å². The number of aromatic hydroxyl groups is 1. The predicted octanol–water partition coefficient (Wildman–Crippen LogP) is 3.46. The van der Waals surface area contributed by atoms with Gasteiger partial charge in [0.25, 0.3) is 0 Å². The van der Waals surface area contributed by atoms with Gasteiger partial charge in [0.1, 0.15) is 5.75 Å². The maximum absolute atomic E-state index is 10.8. The van der Waals surface area contributed by atoms with Gasteiger partial charge in [0.15, 0.2) is 0 Å². The number of hydrazone groups is 1. The van der Waals surface area contributed by atoms with Crippen LogP contribution in [0.2, 0.25) is 0 Å². The van der Waals surface area contributed by atoms with Gasteiger partial charge in [-0.2, -0.15) is 5.10 Å². The fraction of sp³-hybridized carbons (Fsp3) is 0.611. The minimum atomic E-state index is 0.210. The van der Waals surface area contributed by atoms with Crippen LogP contribution in [0.5, 0.6) is 5.75 Å². The Bertz CT molecular complexity index is 570. The van der Waals surface area contributed by atoms with Crippen molar-refractivity contribution < 1.29 is 5.11 Å². The Balaban J connectivity index is 1.83. The van der Waals surface area contributed by atoms with Crippen molar-refractivity contribution in [3.05, 3.63) is 28.8 Å². The topological polar surface area (TPSA) is 58.6 Å². The normalized spacial score (nSPS) is 37.5. The van der Waals surface area contributed by atoms with E-state index in [2.05, 4.69) is 18.1 Å². The Hall–Kier alpha value is -1.51. The third kappa shape index (κ3) is 1.97. The largest absolute Gasteiger partial charge is 0.507 e. The van der Waals surface area contributed by atoms with Crippen LogP contribution in [0.4, 0.5) is 0 Å². The second-order valence-corrected chi connectivity index (χ2v) is 7.73. The maximum atomic E-state index is 10.8. The van der Waals surface area contributed by atoms with Crippen LogP contribution in [0.15, 0.2) is 17.2 Å². The molecule has 4 bridgehead atoms. The molecule has 0 saturated heterocycles. The second-order valence-electron chi connectivity index (χ2n) is 7.73. The van der Waals surface area contributed by atoms with E-state index in [1.807, 2.05) is 6.07 Å². The predicted molar refractivity (Wildman–Crippen MR) is 84.5 cm³/mol. The first-order valence-electron chi connectivity index (χ1n) is 8.17. The summed E-state index contributed by atoms with van der Waals surface area (Å²) in [5.41, 5.74) is 3.33. The van der Waals surface area contributed by atoms with Crippen LogP contribution in [-0.2, 0) is 5.41 Å². The van der Waals surface area contributed by atoms with Crippen LogP contribution < -0.4 is 5.84 Å². The van der Waals surface area contributed by atoms with E-state index < -0.39 is 0 Å². The second kappa shape index (κ2) is 4.49. The lowest BCUT2D eigenvalue weighted by molar-refractivity contribution is -0.00616. The van der Waals surface area contributed by atoms with Crippen molar-refractivity contribution in [1.82, 2.24) is 0 Å². The van der Waals surface area contributed by atoms with Crippen molar-refractivity contribution in [3.63, 3.8) is 0 Å². The molecule has 0 amide bonds. The fourth-order valence-corrected chi connectivity index (χ4v) is 5.83. The van der Waals surface area contributed by atoms with E-state index >= 15 is 0 Å². The standard InChI is InChI=1S/C18H24N2O/c1-11-2-15(10-20-19)17(21)16(3-11)18-7-12-4-13(8-18)6-14(5-12)9-18/h2-3,10,12-14,21H,4-9,19H2,1H3. The highest BCUT2D eigenvalue weighted by Crippen LogP contribution is 2.62. The van der Waals surface area contributed by atoms with Crippen LogP contribution in [0, 0.1) is 24.7 Å². The Morgan fingerprint density at radius 3 is 2.24 bits per heavy atom. The molecule has 3 N–H and O–H groups in total. The molecule has 5 rings (SSSR count). The van der Waals surface area contributed by atoms with Crippen LogP contribution in [-0.4, -0.2) is 11.3 Å². The Morgan fingerprint density at radius 2 is 1.71 bits per heavy atom. The van der Waals surface area contributed by atoms with Crippen molar-refractivity contribution in [3.8, 4) is 5.75 Å². The summed E-state index contributed by atoms with van der Waals surface area (Å²) in [5, 5.41) is 14.4. The van der Waals surface area contributed by atoms with Gasteiger partial charge in [0.05, 0.1) is 6.21 Å². The summed E-state index contributed by atoms with van der Waals surface area (Å²) in [6.45, 7) is 2.09. The maximum Gasteiger partial charge on any atom is 0.128 e. The van der Waals surface area contributed by atoms with Gasteiger partial charge in [-0.1, -0.05) is 6.07 Å². The average Bonchev–Trinajstić information content (AvgIpc) is 2.41. The molecule has 0 heterocycles. The van der Waals surface area contributed by atoms with Crippen molar-refractivity contribution in [1.29, 1.82) is 0 Å². The number of nitrogens with zero attached hydrogens (tertiary/aromatic N) is 1. The fourth-order valence-electron chi connectivity index (χ4n) is 5.83. The van der Waals surface area contributed by atoms with E-state index in [1.54, 1.807) is 6.21 Å².